The van der Waals surface area contributed by atoms with Crippen molar-refractivity contribution in [3.8, 4) is 28.5 Å². The standard InChI is InChI=1S/C24H23N3O3S/c1-28-20-9-7-18(8-10-20)21-16-31-24(26-19-5-4-12-25-14-19)27(21)15-17-6-11-22(29-2)23(13-17)30-3/h4-14,16H,15H2,1-3H3. The first-order chi connectivity index (χ1) is 15.2. The second-order valence-corrected chi connectivity index (χ2v) is 7.57. The summed E-state index contributed by atoms with van der Waals surface area (Å²) in [5, 5.41) is 2.12. The second kappa shape index (κ2) is 9.49. The Labute approximate surface area is 185 Å². The van der Waals surface area contributed by atoms with Crippen LogP contribution in [0.5, 0.6) is 17.2 Å². The third-order valence-corrected chi connectivity index (χ3v) is 5.71. The molecule has 0 amide bonds. The zero-order valence-corrected chi connectivity index (χ0v) is 18.4. The SMILES string of the molecule is COc1ccc(-c2csc(=Nc3cccnc3)n2Cc2ccc(OC)c(OC)c2)cc1. The molecule has 4 aromatic rings. The van der Waals surface area contributed by atoms with Gasteiger partial charge in [-0.05, 0) is 59.7 Å². The van der Waals surface area contributed by atoms with Crippen molar-refractivity contribution in [2.75, 3.05) is 21.3 Å². The van der Waals surface area contributed by atoms with Crippen molar-refractivity contribution in [2.45, 2.75) is 6.54 Å². The summed E-state index contributed by atoms with van der Waals surface area (Å²) in [4.78, 5) is 9.89. The first kappa shape index (κ1) is 20.7. The molecule has 7 heteroatoms. The highest BCUT2D eigenvalue weighted by Crippen LogP contribution is 2.29. The molecule has 0 aliphatic carbocycles. The molecule has 0 fully saturated rings. The molecule has 0 spiro atoms. The number of pyridine rings is 1. The van der Waals surface area contributed by atoms with Crippen LogP contribution in [0.1, 0.15) is 5.56 Å². The van der Waals surface area contributed by atoms with E-state index in [0.717, 1.165) is 33.1 Å². The maximum absolute atomic E-state index is 5.49. The fourth-order valence-electron chi connectivity index (χ4n) is 3.26. The van der Waals surface area contributed by atoms with Gasteiger partial charge in [0.15, 0.2) is 16.3 Å². The Kier molecular flexibility index (Phi) is 6.33. The van der Waals surface area contributed by atoms with Crippen LogP contribution in [-0.4, -0.2) is 30.9 Å². The molecular weight excluding hydrogens is 410 g/mol. The summed E-state index contributed by atoms with van der Waals surface area (Å²) in [6, 6.07) is 17.8. The minimum absolute atomic E-state index is 0.629. The van der Waals surface area contributed by atoms with Crippen LogP contribution < -0.4 is 19.0 Å². The van der Waals surface area contributed by atoms with Gasteiger partial charge in [-0.15, -0.1) is 11.3 Å². The molecule has 2 aromatic carbocycles. The van der Waals surface area contributed by atoms with Crippen molar-refractivity contribution in [1.29, 1.82) is 0 Å². The highest BCUT2D eigenvalue weighted by molar-refractivity contribution is 7.07. The number of hydrogen-bond donors (Lipinski definition) is 0. The molecule has 0 N–H and O–H groups in total. The van der Waals surface area contributed by atoms with Crippen LogP contribution in [0, 0.1) is 0 Å². The molecule has 0 aliphatic rings. The van der Waals surface area contributed by atoms with Crippen LogP contribution >= 0.6 is 11.3 Å². The smallest absolute Gasteiger partial charge is 0.190 e. The van der Waals surface area contributed by atoms with Crippen LogP contribution in [0.15, 0.2) is 77.4 Å². The summed E-state index contributed by atoms with van der Waals surface area (Å²) in [5.74, 6) is 2.23. The third kappa shape index (κ3) is 4.62. The van der Waals surface area contributed by atoms with Crippen LogP contribution in [0.2, 0.25) is 0 Å². The molecule has 2 aromatic heterocycles. The van der Waals surface area contributed by atoms with E-state index in [-0.39, 0.29) is 0 Å². The molecule has 0 saturated heterocycles. The molecular formula is C24H23N3O3S. The normalized spacial score (nSPS) is 11.4. The summed E-state index contributed by atoms with van der Waals surface area (Å²) < 4.78 is 18.4. The van der Waals surface area contributed by atoms with E-state index in [4.69, 9.17) is 19.2 Å². The predicted octanol–water partition coefficient (Wildman–Crippen LogP) is 4.92. The van der Waals surface area contributed by atoms with E-state index < -0.39 is 0 Å². The van der Waals surface area contributed by atoms with E-state index in [1.54, 1.807) is 45.1 Å². The van der Waals surface area contributed by atoms with E-state index in [1.165, 1.54) is 0 Å². The molecule has 0 saturated carbocycles. The summed E-state index contributed by atoms with van der Waals surface area (Å²) in [7, 11) is 4.95. The molecule has 31 heavy (non-hydrogen) atoms. The lowest BCUT2D eigenvalue weighted by atomic mass is 10.1. The van der Waals surface area contributed by atoms with E-state index >= 15 is 0 Å². The summed E-state index contributed by atoms with van der Waals surface area (Å²) >= 11 is 1.59. The van der Waals surface area contributed by atoms with Crippen molar-refractivity contribution in [3.63, 3.8) is 0 Å². The number of benzene rings is 2. The summed E-state index contributed by atoms with van der Waals surface area (Å²) in [5.41, 5.74) is 4.06. The minimum atomic E-state index is 0.629. The highest BCUT2D eigenvalue weighted by Gasteiger charge is 2.11. The van der Waals surface area contributed by atoms with E-state index in [2.05, 4.69) is 27.1 Å². The fourth-order valence-corrected chi connectivity index (χ4v) is 4.18. The first-order valence-electron chi connectivity index (χ1n) is 9.70. The van der Waals surface area contributed by atoms with Gasteiger partial charge < -0.3 is 18.8 Å². The third-order valence-electron chi connectivity index (χ3n) is 4.84. The van der Waals surface area contributed by atoms with Gasteiger partial charge in [0.1, 0.15) is 5.75 Å². The van der Waals surface area contributed by atoms with Crippen molar-refractivity contribution in [3.05, 3.63) is 82.7 Å². The van der Waals surface area contributed by atoms with Crippen molar-refractivity contribution >= 4 is 17.0 Å². The van der Waals surface area contributed by atoms with Gasteiger partial charge in [-0.2, -0.15) is 0 Å². The maximum atomic E-state index is 5.49. The molecule has 158 valence electrons. The van der Waals surface area contributed by atoms with E-state index in [0.29, 0.717) is 18.0 Å². The molecule has 0 bridgehead atoms. The fraction of sp³-hybridized carbons (Fsp3) is 0.167. The number of thiazole rings is 1. The van der Waals surface area contributed by atoms with Crippen molar-refractivity contribution < 1.29 is 14.2 Å². The Morgan fingerprint density at radius 1 is 0.935 bits per heavy atom. The Morgan fingerprint density at radius 2 is 1.74 bits per heavy atom. The minimum Gasteiger partial charge on any atom is -0.497 e. The molecule has 4 rings (SSSR count). The number of aromatic nitrogens is 2. The van der Waals surface area contributed by atoms with Gasteiger partial charge in [-0.3, -0.25) is 4.98 Å². The van der Waals surface area contributed by atoms with E-state index in [1.807, 2.05) is 42.5 Å². The van der Waals surface area contributed by atoms with Gasteiger partial charge in [0.2, 0.25) is 0 Å². The molecule has 0 atom stereocenters. The lowest BCUT2D eigenvalue weighted by molar-refractivity contribution is 0.354. The molecule has 0 unspecified atom stereocenters. The molecule has 0 aliphatic heterocycles. The van der Waals surface area contributed by atoms with Gasteiger partial charge in [-0.1, -0.05) is 6.07 Å². The maximum Gasteiger partial charge on any atom is 0.190 e. The zero-order chi connectivity index (χ0) is 21.6. The summed E-state index contributed by atoms with van der Waals surface area (Å²) in [6.07, 6.45) is 3.50. The van der Waals surface area contributed by atoms with Gasteiger partial charge in [0, 0.05) is 11.6 Å². The monoisotopic (exact) mass is 433 g/mol. The van der Waals surface area contributed by atoms with Gasteiger partial charge >= 0.3 is 0 Å². The average molecular weight is 434 g/mol. The second-order valence-electron chi connectivity index (χ2n) is 6.73. The number of rotatable bonds is 7. The average Bonchev–Trinajstić information content (AvgIpc) is 3.21. The predicted molar refractivity (Wildman–Crippen MR) is 122 cm³/mol. The molecule has 2 heterocycles. The lowest BCUT2D eigenvalue weighted by Gasteiger charge is -2.13. The number of ether oxygens (including phenoxy) is 3. The topological polar surface area (TPSA) is 57.9 Å². The van der Waals surface area contributed by atoms with Gasteiger partial charge in [-0.25, -0.2) is 4.99 Å². The van der Waals surface area contributed by atoms with Crippen LogP contribution in [0.3, 0.4) is 0 Å². The Balaban J connectivity index is 1.81. The van der Waals surface area contributed by atoms with Crippen LogP contribution in [0.4, 0.5) is 5.69 Å². The van der Waals surface area contributed by atoms with Crippen molar-refractivity contribution in [2.24, 2.45) is 4.99 Å². The molecule has 6 nitrogen and oxygen atoms in total. The first-order valence-corrected chi connectivity index (χ1v) is 10.6. The Morgan fingerprint density at radius 3 is 2.42 bits per heavy atom. The Hall–Kier alpha value is -3.58. The van der Waals surface area contributed by atoms with Crippen molar-refractivity contribution in [1.82, 2.24) is 9.55 Å². The van der Waals surface area contributed by atoms with Crippen LogP contribution in [-0.2, 0) is 6.54 Å². The Bertz CT molecular complexity index is 1220. The number of hydrogen-bond acceptors (Lipinski definition) is 6. The number of nitrogens with zero attached hydrogens (tertiary/aromatic N) is 3. The van der Waals surface area contributed by atoms with E-state index in [9.17, 15) is 0 Å². The number of methoxy groups -OCH3 is 3. The van der Waals surface area contributed by atoms with Gasteiger partial charge in [0.25, 0.3) is 0 Å². The summed E-state index contributed by atoms with van der Waals surface area (Å²) in [6.45, 7) is 0.629. The largest absolute Gasteiger partial charge is 0.497 e. The highest BCUT2D eigenvalue weighted by atomic mass is 32.1. The van der Waals surface area contributed by atoms with Crippen LogP contribution in [0.25, 0.3) is 11.3 Å². The quantitative estimate of drug-likeness (QED) is 0.415. The lowest BCUT2D eigenvalue weighted by Crippen LogP contribution is -2.16. The molecule has 0 radical (unpaired) electrons. The zero-order valence-electron chi connectivity index (χ0n) is 17.6. The van der Waals surface area contributed by atoms with Gasteiger partial charge in [0.05, 0.1) is 45.5 Å².